The largest absolute Gasteiger partial charge is 0.444 e. The van der Waals surface area contributed by atoms with E-state index in [1.165, 1.54) is 12.3 Å². The van der Waals surface area contributed by atoms with Crippen LogP contribution in [0.5, 0.6) is 0 Å². The second-order valence-corrected chi connectivity index (χ2v) is 6.19. The maximum absolute atomic E-state index is 11.9. The summed E-state index contributed by atoms with van der Waals surface area (Å²) in [6.07, 6.45) is 2.55. The predicted molar refractivity (Wildman–Crippen MR) is 94.2 cm³/mol. The van der Waals surface area contributed by atoms with E-state index in [-0.39, 0.29) is 0 Å². The third-order valence-corrected chi connectivity index (χ3v) is 2.80. The number of hydrogen-bond acceptors (Lipinski definition) is 5. The van der Waals surface area contributed by atoms with Crippen molar-refractivity contribution < 1.29 is 14.3 Å². The molecule has 0 fully saturated rings. The van der Waals surface area contributed by atoms with Crippen LogP contribution in [0.2, 0.25) is 0 Å². The highest BCUT2D eigenvalue weighted by atomic mass is 16.6. The fraction of sp³-hybridized carbons (Fsp3) is 0.294. The number of anilines is 2. The average molecular weight is 343 g/mol. The monoisotopic (exact) mass is 343 g/mol. The highest BCUT2D eigenvalue weighted by Crippen LogP contribution is 2.14. The number of urea groups is 1. The molecule has 0 aliphatic carbocycles. The van der Waals surface area contributed by atoms with Crippen molar-refractivity contribution in [3.63, 3.8) is 0 Å². The number of nitrogens with zero attached hydrogens (tertiary/aromatic N) is 2. The van der Waals surface area contributed by atoms with E-state index in [1.807, 2.05) is 12.1 Å². The van der Waals surface area contributed by atoms with E-state index in [1.54, 1.807) is 39.1 Å². The zero-order valence-electron chi connectivity index (χ0n) is 14.4. The van der Waals surface area contributed by atoms with Gasteiger partial charge in [-0.1, -0.05) is 6.07 Å². The van der Waals surface area contributed by atoms with Crippen molar-refractivity contribution in [3.05, 3.63) is 48.4 Å². The van der Waals surface area contributed by atoms with Crippen LogP contribution in [0.3, 0.4) is 0 Å². The van der Waals surface area contributed by atoms with E-state index in [0.717, 1.165) is 5.69 Å². The Balaban J connectivity index is 1.88. The van der Waals surface area contributed by atoms with E-state index in [4.69, 9.17) is 4.74 Å². The Morgan fingerprint density at radius 3 is 2.56 bits per heavy atom. The zero-order valence-corrected chi connectivity index (χ0v) is 14.4. The van der Waals surface area contributed by atoms with Gasteiger partial charge in [0.1, 0.15) is 11.4 Å². The van der Waals surface area contributed by atoms with Gasteiger partial charge in [-0.3, -0.25) is 15.6 Å². The van der Waals surface area contributed by atoms with Crippen LogP contribution in [0.15, 0.2) is 42.7 Å². The molecule has 0 bridgehead atoms. The fourth-order valence-corrected chi connectivity index (χ4v) is 1.83. The Morgan fingerprint density at radius 1 is 1.08 bits per heavy atom. The average Bonchev–Trinajstić information content (AvgIpc) is 2.52. The second-order valence-electron chi connectivity index (χ2n) is 6.19. The van der Waals surface area contributed by atoms with Gasteiger partial charge in [0.2, 0.25) is 0 Å². The lowest BCUT2D eigenvalue weighted by Gasteiger charge is -2.19. The number of rotatable bonds is 4. The third-order valence-electron chi connectivity index (χ3n) is 2.80. The maximum atomic E-state index is 11.9. The summed E-state index contributed by atoms with van der Waals surface area (Å²) in [6.45, 7) is 5.62. The van der Waals surface area contributed by atoms with Gasteiger partial charge in [-0.25, -0.2) is 14.6 Å². The fourth-order valence-electron chi connectivity index (χ4n) is 1.83. The highest BCUT2D eigenvalue weighted by Gasteiger charge is 2.16. The van der Waals surface area contributed by atoms with Gasteiger partial charge in [0.25, 0.3) is 0 Å². The van der Waals surface area contributed by atoms with Gasteiger partial charge >= 0.3 is 12.1 Å². The molecular formula is C17H21N5O3. The number of ether oxygens (including phenoxy) is 1. The Kier molecular flexibility index (Phi) is 5.89. The molecule has 2 heterocycles. The first-order chi connectivity index (χ1) is 11.8. The Bertz CT molecular complexity index is 729. The Morgan fingerprint density at radius 2 is 1.88 bits per heavy atom. The van der Waals surface area contributed by atoms with Crippen LogP contribution in [-0.4, -0.2) is 27.7 Å². The van der Waals surface area contributed by atoms with Gasteiger partial charge in [0, 0.05) is 24.1 Å². The Labute approximate surface area is 146 Å². The van der Waals surface area contributed by atoms with Crippen LogP contribution in [0, 0.1) is 0 Å². The van der Waals surface area contributed by atoms with Crippen molar-refractivity contribution in [2.24, 2.45) is 0 Å². The van der Waals surface area contributed by atoms with Crippen LogP contribution in [-0.2, 0) is 11.3 Å². The normalized spacial score (nSPS) is 10.7. The molecule has 0 spiro atoms. The number of carbonyl (C=O) groups excluding carboxylic acids is 2. The van der Waals surface area contributed by atoms with Crippen molar-refractivity contribution in [3.8, 4) is 0 Å². The van der Waals surface area contributed by atoms with Crippen molar-refractivity contribution in [2.75, 3.05) is 10.6 Å². The summed E-state index contributed by atoms with van der Waals surface area (Å²) in [6, 6.07) is 8.16. The first-order valence-electron chi connectivity index (χ1n) is 7.73. The lowest BCUT2D eigenvalue weighted by Crippen LogP contribution is -2.29. The second kappa shape index (κ2) is 8.09. The van der Waals surface area contributed by atoms with E-state index in [9.17, 15) is 9.59 Å². The summed E-state index contributed by atoms with van der Waals surface area (Å²) in [5.41, 5.74) is 0.610. The molecule has 3 amide bonds. The Hall–Kier alpha value is -3.16. The highest BCUT2D eigenvalue weighted by molar-refractivity contribution is 5.90. The summed E-state index contributed by atoms with van der Waals surface area (Å²) in [4.78, 5) is 31.8. The molecule has 0 radical (unpaired) electrons. The van der Waals surface area contributed by atoms with Crippen LogP contribution in [0.4, 0.5) is 21.1 Å². The quantitative estimate of drug-likeness (QED) is 0.791. The first-order valence-corrected chi connectivity index (χ1v) is 7.73. The first kappa shape index (κ1) is 18.2. The van der Waals surface area contributed by atoms with Crippen LogP contribution in [0.1, 0.15) is 26.5 Å². The molecule has 3 N–H and O–H groups in total. The van der Waals surface area contributed by atoms with E-state index >= 15 is 0 Å². The topological polar surface area (TPSA) is 105 Å². The summed E-state index contributed by atoms with van der Waals surface area (Å²) in [5, 5.41) is 7.85. The number of aromatic nitrogens is 2. The number of amides is 3. The molecule has 132 valence electrons. The van der Waals surface area contributed by atoms with Crippen molar-refractivity contribution >= 4 is 23.6 Å². The molecule has 0 aliphatic rings. The molecule has 8 heteroatoms. The molecule has 2 rings (SSSR count). The lowest BCUT2D eigenvalue weighted by molar-refractivity contribution is 0.0636. The standard InChI is InChI=1S/C17H21N5O3/c1-17(2,3)25-16(24)21-12-7-9-19-14(10-12)22-15(23)20-11-13-6-4-5-8-18-13/h4-10H,11H2,1-3H3,(H3,19,20,21,22,23,24). The van der Waals surface area contributed by atoms with Crippen molar-refractivity contribution in [2.45, 2.75) is 32.9 Å². The van der Waals surface area contributed by atoms with Gasteiger partial charge in [0.05, 0.1) is 12.2 Å². The number of hydrogen-bond donors (Lipinski definition) is 3. The molecule has 0 unspecified atom stereocenters. The minimum absolute atomic E-state index is 0.294. The molecule has 0 saturated carbocycles. The minimum Gasteiger partial charge on any atom is -0.444 e. The van der Waals surface area contributed by atoms with Gasteiger partial charge < -0.3 is 10.1 Å². The maximum Gasteiger partial charge on any atom is 0.412 e. The smallest absolute Gasteiger partial charge is 0.412 e. The van der Waals surface area contributed by atoms with Gasteiger partial charge in [-0.15, -0.1) is 0 Å². The summed E-state index contributed by atoms with van der Waals surface area (Å²) in [7, 11) is 0. The van der Waals surface area contributed by atoms with Crippen molar-refractivity contribution in [1.82, 2.24) is 15.3 Å². The molecule has 2 aromatic rings. The van der Waals surface area contributed by atoms with Gasteiger partial charge in [-0.05, 0) is 39.0 Å². The summed E-state index contributed by atoms with van der Waals surface area (Å²) < 4.78 is 5.17. The zero-order chi connectivity index (χ0) is 18.3. The SMILES string of the molecule is CC(C)(C)OC(=O)Nc1ccnc(NC(=O)NCc2ccccn2)c1. The van der Waals surface area contributed by atoms with Crippen LogP contribution < -0.4 is 16.0 Å². The van der Waals surface area contributed by atoms with E-state index in [0.29, 0.717) is 18.1 Å². The van der Waals surface area contributed by atoms with Crippen LogP contribution >= 0.6 is 0 Å². The van der Waals surface area contributed by atoms with Crippen molar-refractivity contribution in [1.29, 1.82) is 0 Å². The van der Waals surface area contributed by atoms with E-state index in [2.05, 4.69) is 25.9 Å². The molecule has 0 atom stereocenters. The molecule has 2 aromatic heterocycles. The minimum atomic E-state index is -0.594. The van der Waals surface area contributed by atoms with E-state index < -0.39 is 17.7 Å². The molecular weight excluding hydrogens is 322 g/mol. The number of nitrogens with one attached hydrogen (secondary N) is 3. The molecule has 0 aromatic carbocycles. The third kappa shape index (κ3) is 6.86. The predicted octanol–water partition coefficient (Wildman–Crippen LogP) is 3.15. The molecule has 8 nitrogen and oxygen atoms in total. The molecule has 25 heavy (non-hydrogen) atoms. The summed E-state index contributed by atoms with van der Waals surface area (Å²) in [5.74, 6) is 0.298. The van der Waals surface area contributed by atoms with Gasteiger partial charge in [0.15, 0.2) is 0 Å². The molecule has 0 saturated heterocycles. The van der Waals surface area contributed by atoms with Crippen LogP contribution in [0.25, 0.3) is 0 Å². The molecule has 0 aliphatic heterocycles. The van der Waals surface area contributed by atoms with Gasteiger partial charge in [-0.2, -0.15) is 0 Å². The lowest BCUT2D eigenvalue weighted by atomic mass is 10.2. The number of carbonyl (C=O) groups is 2. The summed E-state index contributed by atoms with van der Waals surface area (Å²) >= 11 is 0. The number of pyridine rings is 2.